The largest absolute Gasteiger partial charge is 0.466 e. The van der Waals surface area contributed by atoms with E-state index in [4.69, 9.17) is 8.83 Å². The van der Waals surface area contributed by atoms with E-state index in [0.717, 1.165) is 44.6 Å². The number of benzene rings is 7. The molecule has 2 aliphatic carbocycles. The van der Waals surface area contributed by atoms with Gasteiger partial charge < -0.3 is 18.2 Å². The molecule has 5 heteroatoms. The highest BCUT2D eigenvalue weighted by Crippen LogP contribution is 2.59. The molecule has 72 heavy (non-hydrogen) atoms. The molecule has 2 aliphatic heterocycles. The molecule has 10 aromatic rings. The van der Waals surface area contributed by atoms with Crippen molar-refractivity contribution < 1.29 is 8.83 Å². The first kappa shape index (κ1) is 44.3. The van der Waals surface area contributed by atoms with E-state index in [0.29, 0.717) is 0 Å². The van der Waals surface area contributed by atoms with Gasteiger partial charge in [0.05, 0.1) is 22.1 Å². The molecule has 0 amide bonds. The average molecular weight is 943 g/mol. The second-order valence-electron chi connectivity index (χ2n) is 27.2. The zero-order valence-electron chi connectivity index (χ0n) is 45.1. The third-order valence-corrected chi connectivity index (χ3v) is 18.3. The average Bonchev–Trinajstić information content (AvgIpc) is 4.05. The maximum absolute atomic E-state index is 7.56. The van der Waals surface area contributed by atoms with Crippen molar-refractivity contribution in [2.24, 2.45) is 0 Å². The number of nitrogens with zero attached hydrogens (tertiary/aromatic N) is 2. The number of anilines is 2. The van der Waals surface area contributed by atoms with Crippen LogP contribution in [0.1, 0.15) is 156 Å². The van der Waals surface area contributed by atoms with E-state index in [1.54, 1.807) is 0 Å². The zero-order valence-corrected chi connectivity index (χ0v) is 45.1. The van der Waals surface area contributed by atoms with E-state index in [1.165, 1.54) is 112 Å². The van der Waals surface area contributed by atoms with E-state index >= 15 is 0 Å². The Kier molecular flexibility index (Phi) is 8.35. The lowest BCUT2D eigenvalue weighted by atomic mass is 9.46. The highest BCUT2D eigenvalue weighted by molar-refractivity contribution is 6.93. The first-order chi connectivity index (χ1) is 33.8. The SMILES string of the molecule is CC(C)(C)c1ccc(N2B3c4oc5ccc(C(C)(C)C)cc5c4-n4c5ccc(C(C)(C)C)cc5c5c6oc7ccccc7c6c(c3c54)-c3cc4c(cc32)-c2cc3c(cc2C4(C)C)C(C)(C)CCC3(C)C)cc1. The zero-order chi connectivity index (χ0) is 50.3. The Bertz CT molecular complexity index is 4070. The molecule has 5 heterocycles. The number of para-hydroxylation sites is 1. The number of aromatic nitrogens is 1. The normalized spacial score (nSPS) is 17.3. The van der Waals surface area contributed by atoms with Crippen LogP contribution >= 0.6 is 0 Å². The molecule has 4 aliphatic rings. The maximum Gasteiger partial charge on any atom is 0.376 e. The van der Waals surface area contributed by atoms with Crippen LogP contribution in [0.3, 0.4) is 0 Å². The molecule has 3 aromatic heterocycles. The van der Waals surface area contributed by atoms with Gasteiger partial charge in [-0.25, -0.2) is 0 Å². The molecule has 0 unspecified atom stereocenters. The van der Waals surface area contributed by atoms with Gasteiger partial charge in [0.2, 0.25) is 0 Å². The minimum absolute atomic E-state index is 0.00298. The lowest BCUT2D eigenvalue weighted by Crippen LogP contribution is -2.60. The summed E-state index contributed by atoms with van der Waals surface area (Å²) in [5.41, 5.74) is 25.7. The first-order valence-corrected chi connectivity index (χ1v) is 26.7. The van der Waals surface area contributed by atoms with Gasteiger partial charge in [-0.1, -0.05) is 152 Å². The summed E-state index contributed by atoms with van der Waals surface area (Å²) in [6, 6.07) is 42.8. The van der Waals surface area contributed by atoms with Crippen LogP contribution in [0, 0.1) is 0 Å². The Morgan fingerprint density at radius 1 is 0.514 bits per heavy atom. The molecule has 4 nitrogen and oxygen atoms in total. The highest BCUT2D eigenvalue weighted by Gasteiger charge is 2.51. The number of hydrogen-bond acceptors (Lipinski definition) is 3. The summed E-state index contributed by atoms with van der Waals surface area (Å²) in [7, 11) is 0. The molecule has 0 radical (unpaired) electrons. The quantitative estimate of drug-likeness (QED) is 0.154. The molecular weight excluding hydrogens is 876 g/mol. The predicted molar refractivity (Wildman–Crippen MR) is 306 cm³/mol. The second kappa shape index (κ2) is 13.6. The van der Waals surface area contributed by atoms with Crippen LogP contribution in [0.15, 0.2) is 118 Å². The molecule has 14 rings (SSSR count). The molecule has 0 fully saturated rings. The molecule has 360 valence electrons. The van der Waals surface area contributed by atoms with Crippen molar-refractivity contribution >= 4 is 84.1 Å². The van der Waals surface area contributed by atoms with E-state index < -0.39 is 0 Å². The topological polar surface area (TPSA) is 34.5 Å². The number of fused-ring (bicyclic) bond motifs is 19. The van der Waals surface area contributed by atoms with Crippen LogP contribution in [-0.2, 0) is 32.5 Å². The summed E-state index contributed by atoms with van der Waals surface area (Å²) in [4.78, 5) is 2.67. The van der Waals surface area contributed by atoms with E-state index in [9.17, 15) is 0 Å². The van der Waals surface area contributed by atoms with Crippen molar-refractivity contribution in [3.05, 3.63) is 148 Å². The Morgan fingerprint density at radius 2 is 1.08 bits per heavy atom. The Morgan fingerprint density at radius 3 is 1.76 bits per heavy atom. The van der Waals surface area contributed by atoms with Crippen molar-refractivity contribution in [3.8, 4) is 27.9 Å². The summed E-state index contributed by atoms with van der Waals surface area (Å²) in [5, 5.41) is 5.86. The van der Waals surface area contributed by atoms with Crippen LogP contribution in [0.2, 0.25) is 0 Å². The molecular formula is C67H67BN2O2. The van der Waals surface area contributed by atoms with Crippen molar-refractivity contribution in [1.82, 2.24) is 4.57 Å². The summed E-state index contributed by atoms with van der Waals surface area (Å²) in [6.07, 6.45) is 2.37. The van der Waals surface area contributed by atoms with Gasteiger partial charge in [0, 0.05) is 43.9 Å². The Labute approximate surface area is 425 Å². The predicted octanol–water partition coefficient (Wildman–Crippen LogP) is 17.2. The van der Waals surface area contributed by atoms with Gasteiger partial charge in [-0.2, -0.15) is 0 Å². The van der Waals surface area contributed by atoms with Crippen LogP contribution < -0.4 is 15.9 Å². The fourth-order valence-electron chi connectivity index (χ4n) is 13.9. The van der Waals surface area contributed by atoms with Crippen molar-refractivity contribution in [2.45, 2.75) is 149 Å². The lowest BCUT2D eigenvalue weighted by molar-refractivity contribution is 0.331. The van der Waals surface area contributed by atoms with Crippen LogP contribution in [-0.4, -0.2) is 11.4 Å². The minimum atomic E-state index is -0.303. The smallest absolute Gasteiger partial charge is 0.376 e. The summed E-state index contributed by atoms with van der Waals surface area (Å²) < 4.78 is 17.5. The summed E-state index contributed by atoms with van der Waals surface area (Å²) >= 11 is 0. The molecule has 0 N–H and O–H groups in total. The third kappa shape index (κ3) is 5.66. The van der Waals surface area contributed by atoms with E-state index in [1.807, 2.05) is 0 Å². The molecule has 0 saturated heterocycles. The van der Waals surface area contributed by atoms with Crippen LogP contribution in [0.5, 0.6) is 0 Å². The third-order valence-electron chi connectivity index (χ3n) is 18.3. The van der Waals surface area contributed by atoms with Crippen molar-refractivity contribution in [1.29, 1.82) is 0 Å². The van der Waals surface area contributed by atoms with Crippen molar-refractivity contribution in [2.75, 3.05) is 4.81 Å². The second-order valence-corrected chi connectivity index (χ2v) is 27.2. The van der Waals surface area contributed by atoms with Gasteiger partial charge in [0.25, 0.3) is 0 Å². The minimum Gasteiger partial charge on any atom is -0.466 e. The molecule has 0 bridgehead atoms. The molecule has 0 spiro atoms. The fraction of sp³-hybridized carbons (Fsp3) is 0.343. The van der Waals surface area contributed by atoms with Crippen LogP contribution in [0.4, 0.5) is 11.4 Å². The molecule has 0 atom stereocenters. The van der Waals surface area contributed by atoms with Gasteiger partial charge in [-0.15, -0.1) is 0 Å². The van der Waals surface area contributed by atoms with Crippen molar-refractivity contribution in [3.63, 3.8) is 0 Å². The van der Waals surface area contributed by atoms with Gasteiger partial charge in [0.1, 0.15) is 22.4 Å². The molecule has 0 saturated carbocycles. The molecule has 7 aromatic carbocycles. The Balaban J connectivity index is 1.20. The summed E-state index contributed by atoms with van der Waals surface area (Å²) in [6.45, 7) is 35.3. The first-order valence-electron chi connectivity index (χ1n) is 26.7. The fourth-order valence-corrected chi connectivity index (χ4v) is 13.9. The monoisotopic (exact) mass is 943 g/mol. The van der Waals surface area contributed by atoms with Gasteiger partial charge in [0.15, 0.2) is 0 Å². The lowest BCUT2D eigenvalue weighted by Gasteiger charge is -2.42. The number of furan rings is 2. The maximum atomic E-state index is 7.56. The van der Waals surface area contributed by atoms with Crippen LogP contribution in [0.25, 0.3) is 82.7 Å². The van der Waals surface area contributed by atoms with Gasteiger partial charge in [-0.05, 0) is 162 Å². The summed E-state index contributed by atoms with van der Waals surface area (Å²) in [5.74, 6) is 0. The number of hydrogen-bond donors (Lipinski definition) is 0. The van der Waals surface area contributed by atoms with Gasteiger partial charge in [-0.3, -0.25) is 0 Å². The van der Waals surface area contributed by atoms with E-state index in [2.05, 4.69) is 222 Å². The van der Waals surface area contributed by atoms with E-state index in [-0.39, 0.29) is 39.3 Å². The Hall–Kier alpha value is -6.46. The standard InChI is InChI=1S/C67H67BN2O2/c1-62(2,3)36-20-24-39(25-21-36)70-51-34-42-41-32-48-49(66(12,13)29-28-65(48,10)11)35-47(41)67(14,15)46(42)33-44(51)54-55-40-18-16-17-19-52(40)71-60(55)56-43-30-37(63(4,5)6)22-26-50(43)69-58-45-31-38(64(7,8)9)23-27-53(45)72-61(58)68(70)57(54)59(56)69/h16-27,30-35H,28-29H2,1-15H3. The highest BCUT2D eigenvalue weighted by atomic mass is 16.3. The number of rotatable bonds is 1. The van der Waals surface area contributed by atoms with Gasteiger partial charge >= 0.3 is 6.85 Å².